The average molecular weight is 268 g/mol. The maximum atomic E-state index is 10.8. The molecule has 4 heteroatoms. The van der Waals surface area contributed by atoms with Crippen LogP contribution in [0.5, 0.6) is 0 Å². The Morgan fingerprint density at radius 2 is 2.00 bits per heavy atom. The lowest BCUT2D eigenvalue weighted by Gasteiger charge is -2.45. The molecule has 4 nitrogen and oxygen atoms in total. The third-order valence-electron chi connectivity index (χ3n) is 4.94. The Morgan fingerprint density at radius 3 is 2.58 bits per heavy atom. The van der Waals surface area contributed by atoms with Crippen molar-refractivity contribution < 1.29 is 9.90 Å². The first-order chi connectivity index (χ1) is 9.10. The average Bonchev–Trinajstić information content (AvgIpc) is 2.32. The Balaban J connectivity index is 1.71. The molecule has 0 aromatic rings. The van der Waals surface area contributed by atoms with Crippen LogP contribution in [0.3, 0.4) is 0 Å². The fraction of sp³-hybridized carbons (Fsp3) is 0.933. The number of carboxylic acids is 1. The molecule has 110 valence electrons. The van der Waals surface area contributed by atoms with Crippen molar-refractivity contribution in [1.82, 2.24) is 10.2 Å². The van der Waals surface area contributed by atoms with Gasteiger partial charge in [0.2, 0.25) is 0 Å². The standard InChI is InChI=1S/C15H28N2O2/c1-3-17(10-15(18)19)13-8-12(9-13)16-14-7-5-4-6-11(14)2/h11-14,16H,3-10H2,1-2H3,(H,18,19). The van der Waals surface area contributed by atoms with E-state index in [1.807, 2.05) is 6.92 Å². The summed E-state index contributed by atoms with van der Waals surface area (Å²) in [6.45, 7) is 5.43. The van der Waals surface area contributed by atoms with Crippen LogP contribution in [0.15, 0.2) is 0 Å². The van der Waals surface area contributed by atoms with Crippen LogP contribution in [0.4, 0.5) is 0 Å². The molecule has 0 bridgehead atoms. The van der Waals surface area contributed by atoms with Gasteiger partial charge in [-0.2, -0.15) is 0 Å². The van der Waals surface area contributed by atoms with Gasteiger partial charge in [-0.05, 0) is 38.1 Å². The third kappa shape index (κ3) is 3.93. The van der Waals surface area contributed by atoms with E-state index in [1.165, 1.54) is 25.7 Å². The number of nitrogens with zero attached hydrogens (tertiary/aromatic N) is 1. The molecule has 0 heterocycles. The zero-order valence-corrected chi connectivity index (χ0v) is 12.3. The van der Waals surface area contributed by atoms with Crippen molar-refractivity contribution in [1.29, 1.82) is 0 Å². The molecule has 0 saturated heterocycles. The molecule has 0 aromatic heterocycles. The van der Waals surface area contributed by atoms with Crippen LogP contribution >= 0.6 is 0 Å². The van der Waals surface area contributed by atoms with Gasteiger partial charge in [0.1, 0.15) is 0 Å². The molecular formula is C15H28N2O2. The van der Waals surface area contributed by atoms with E-state index in [2.05, 4.69) is 17.1 Å². The molecule has 2 N–H and O–H groups in total. The van der Waals surface area contributed by atoms with Crippen molar-refractivity contribution in [3.63, 3.8) is 0 Å². The van der Waals surface area contributed by atoms with Gasteiger partial charge in [0, 0.05) is 18.1 Å². The molecule has 19 heavy (non-hydrogen) atoms. The minimum absolute atomic E-state index is 0.188. The second kappa shape index (κ2) is 6.71. The Morgan fingerprint density at radius 1 is 1.32 bits per heavy atom. The van der Waals surface area contributed by atoms with Gasteiger partial charge >= 0.3 is 5.97 Å². The maximum absolute atomic E-state index is 10.8. The first-order valence-electron chi connectivity index (χ1n) is 7.82. The Labute approximate surface area is 116 Å². The zero-order chi connectivity index (χ0) is 13.8. The molecule has 2 atom stereocenters. The lowest BCUT2D eigenvalue weighted by atomic mass is 9.81. The molecule has 0 aliphatic heterocycles. The van der Waals surface area contributed by atoms with Crippen LogP contribution in [0.1, 0.15) is 52.4 Å². The molecule has 0 radical (unpaired) electrons. The molecule has 2 fully saturated rings. The van der Waals surface area contributed by atoms with E-state index in [-0.39, 0.29) is 6.54 Å². The SMILES string of the molecule is CCN(CC(=O)O)C1CC(NC2CCCCC2C)C1. The number of hydrogen-bond acceptors (Lipinski definition) is 3. The lowest BCUT2D eigenvalue weighted by molar-refractivity contribution is -0.139. The summed E-state index contributed by atoms with van der Waals surface area (Å²) in [5, 5.41) is 12.7. The minimum atomic E-state index is -0.709. The van der Waals surface area contributed by atoms with Gasteiger partial charge in [-0.3, -0.25) is 9.69 Å². The number of aliphatic carboxylic acids is 1. The number of carboxylic acid groups (broad SMARTS) is 1. The summed E-state index contributed by atoms with van der Waals surface area (Å²) in [6.07, 6.45) is 7.64. The molecule has 0 spiro atoms. The van der Waals surface area contributed by atoms with Crippen LogP contribution < -0.4 is 5.32 Å². The van der Waals surface area contributed by atoms with Crippen molar-refractivity contribution in [2.24, 2.45) is 5.92 Å². The topological polar surface area (TPSA) is 52.6 Å². The molecule has 2 aliphatic carbocycles. The minimum Gasteiger partial charge on any atom is -0.480 e. The fourth-order valence-corrected chi connectivity index (χ4v) is 3.56. The largest absolute Gasteiger partial charge is 0.480 e. The van der Waals surface area contributed by atoms with Crippen molar-refractivity contribution >= 4 is 5.97 Å². The normalized spacial score (nSPS) is 35.1. The first kappa shape index (κ1) is 14.8. The number of likely N-dealkylation sites (N-methyl/N-ethyl adjacent to an activating group) is 1. The van der Waals surface area contributed by atoms with Gasteiger partial charge < -0.3 is 10.4 Å². The Bertz CT molecular complexity index is 303. The van der Waals surface area contributed by atoms with E-state index in [9.17, 15) is 4.79 Å². The van der Waals surface area contributed by atoms with Gasteiger partial charge in [-0.25, -0.2) is 0 Å². The number of nitrogens with one attached hydrogen (secondary N) is 1. The highest BCUT2D eigenvalue weighted by atomic mass is 16.4. The quantitative estimate of drug-likeness (QED) is 0.774. The van der Waals surface area contributed by atoms with Gasteiger partial charge in [0.25, 0.3) is 0 Å². The van der Waals surface area contributed by atoms with E-state index in [0.29, 0.717) is 18.1 Å². The molecule has 2 rings (SSSR count). The summed E-state index contributed by atoms with van der Waals surface area (Å²) in [5.74, 6) is 0.0910. The van der Waals surface area contributed by atoms with E-state index in [1.54, 1.807) is 0 Å². The zero-order valence-electron chi connectivity index (χ0n) is 12.3. The second-order valence-electron chi connectivity index (χ2n) is 6.31. The van der Waals surface area contributed by atoms with E-state index < -0.39 is 5.97 Å². The molecule has 0 aromatic carbocycles. The highest BCUT2D eigenvalue weighted by molar-refractivity contribution is 5.69. The molecule has 2 unspecified atom stereocenters. The lowest BCUT2D eigenvalue weighted by Crippen LogP contribution is -2.56. The van der Waals surface area contributed by atoms with Gasteiger partial charge in [0.15, 0.2) is 0 Å². The van der Waals surface area contributed by atoms with Crippen LogP contribution in [-0.4, -0.2) is 47.2 Å². The van der Waals surface area contributed by atoms with Gasteiger partial charge in [-0.15, -0.1) is 0 Å². The summed E-state index contributed by atoms with van der Waals surface area (Å²) >= 11 is 0. The van der Waals surface area contributed by atoms with E-state index >= 15 is 0 Å². The summed E-state index contributed by atoms with van der Waals surface area (Å²) in [4.78, 5) is 12.9. The highest BCUT2D eigenvalue weighted by Crippen LogP contribution is 2.30. The first-order valence-corrected chi connectivity index (χ1v) is 7.82. The molecule has 0 amide bonds. The van der Waals surface area contributed by atoms with Crippen molar-refractivity contribution in [3.8, 4) is 0 Å². The van der Waals surface area contributed by atoms with E-state index in [4.69, 9.17) is 5.11 Å². The van der Waals surface area contributed by atoms with Crippen LogP contribution in [0.2, 0.25) is 0 Å². The predicted octanol–water partition coefficient (Wildman–Crippen LogP) is 2.09. The van der Waals surface area contributed by atoms with Gasteiger partial charge in [-0.1, -0.05) is 26.7 Å². The monoisotopic (exact) mass is 268 g/mol. The molecule has 2 saturated carbocycles. The Hall–Kier alpha value is -0.610. The summed E-state index contributed by atoms with van der Waals surface area (Å²) in [7, 11) is 0. The van der Waals surface area contributed by atoms with Crippen molar-refractivity contribution in [3.05, 3.63) is 0 Å². The van der Waals surface area contributed by atoms with Crippen LogP contribution in [0, 0.1) is 5.92 Å². The maximum Gasteiger partial charge on any atom is 0.317 e. The third-order valence-corrected chi connectivity index (χ3v) is 4.94. The van der Waals surface area contributed by atoms with Crippen molar-refractivity contribution in [2.75, 3.05) is 13.1 Å². The van der Waals surface area contributed by atoms with Crippen LogP contribution in [-0.2, 0) is 4.79 Å². The highest BCUT2D eigenvalue weighted by Gasteiger charge is 2.35. The smallest absolute Gasteiger partial charge is 0.317 e. The molecule has 2 aliphatic rings. The number of rotatable bonds is 6. The second-order valence-corrected chi connectivity index (χ2v) is 6.31. The number of carbonyl (C=O) groups is 1. The number of hydrogen-bond donors (Lipinski definition) is 2. The summed E-state index contributed by atoms with van der Waals surface area (Å²) in [6, 6.07) is 1.77. The Kier molecular flexibility index (Phi) is 5.22. The molecular weight excluding hydrogens is 240 g/mol. The summed E-state index contributed by atoms with van der Waals surface area (Å²) < 4.78 is 0. The fourth-order valence-electron chi connectivity index (χ4n) is 3.56. The van der Waals surface area contributed by atoms with E-state index in [0.717, 1.165) is 25.3 Å². The predicted molar refractivity (Wildman–Crippen MR) is 76.2 cm³/mol. The van der Waals surface area contributed by atoms with Gasteiger partial charge in [0.05, 0.1) is 6.54 Å². The van der Waals surface area contributed by atoms with Crippen LogP contribution in [0.25, 0.3) is 0 Å². The summed E-state index contributed by atoms with van der Waals surface area (Å²) in [5.41, 5.74) is 0. The van der Waals surface area contributed by atoms with Crippen molar-refractivity contribution in [2.45, 2.75) is 70.5 Å².